The number of nitrogens with one attached hydrogen (secondary N) is 1. The molecule has 0 saturated carbocycles. The first-order valence-electron chi connectivity index (χ1n) is 6.46. The number of aliphatic imine (C=N–C) groups is 1. The van der Waals surface area contributed by atoms with E-state index in [1.807, 2.05) is 50.6 Å². The summed E-state index contributed by atoms with van der Waals surface area (Å²) in [5.74, 6) is 0.437. The van der Waals surface area contributed by atoms with Gasteiger partial charge in [0.2, 0.25) is 0 Å². The van der Waals surface area contributed by atoms with Crippen molar-refractivity contribution in [1.82, 2.24) is 14.7 Å². The zero-order valence-corrected chi connectivity index (χ0v) is 13.8. The molecule has 0 aliphatic rings. The summed E-state index contributed by atoms with van der Waals surface area (Å²) in [6.07, 6.45) is 3.96. The van der Waals surface area contributed by atoms with Crippen molar-refractivity contribution < 1.29 is 0 Å². The van der Waals surface area contributed by atoms with E-state index in [1.54, 1.807) is 0 Å². The number of imidazole rings is 1. The Kier molecular flexibility index (Phi) is 4.04. The van der Waals surface area contributed by atoms with Gasteiger partial charge in [0, 0.05) is 22.4 Å². The van der Waals surface area contributed by atoms with Gasteiger partial charge in [0.15, 0.2) is 5.96 Å². The monoisotopic (exact) mass is 337 g/mol. The van der Waals surface area contributed by atoms with E-state index in [4.69, 9.17) is 5.73 Å². The van der Waals surface area contributed by atoms with E-state index < -0.39 is 0 Å². The van der Waals surface area contributed by atoms with Gasteiger partial charge in [0.05, 0.1) is 12.2 Å². The topological polar surface area (TPSA) is 67.7 Å². The van der Waals surface area contributed by atoms with Crippen LogP contribution in [0.4, 0.5) is 0 Å². The predicted octanol–water partition coefficient (Wildman–Crippen LogP) is 2.61. The molecule has 108 valence electrons. The van der Waals surface area contributed by atoms with Crippen LogP contribution in [0.15, 0.2) is 27.9 Å². The Labute approximate surface area is 127 Å². The first-order valence-corrected chi connectivity index (χ1v) is 7.26. The predicted molar refractivity (Wildman–Crippen MR) is 85.8 cm³/mol. The summed E-state index contributed by atoms with van der Waals surface area (Å²) in [5.41, 5.74) is 8.72. The summed E-state index contributed by atoms with van der Waals surface area (Å²) in [7, 11) is 0. The molecule has 0 amide bonds. The van der Waals surface area contributed by atoms with E-state index in [9.17, 15) is 0 Å². The maximum atomic E-state index is 5.85. The number of guanidine groups is 1. The van der Waals surface area contributed by atoms with Crippen molar-refractivity contribution in [2.24, 2.45) is 10.7 Å². The molecule has 0 aliphatic heterocycles. The van der Waals surface area contributed by atoms with Gasteiger partial charge < -0.3 is 15.5 Å². The zero-order chi connectivity index (χ0) is 14.9. The van der Waals surface area contributed by atoms with Crippen molar-refractivity contribution >= 4 is 27.5 Å². The Hall–Kier alpha value is -1.56. The van der Waals surface area contributed by atoms with Crippen LogP contribution < -0.4 is 11.1 Å². The average Bonchev–Trinajstić information content (AvgIpc) is 2.67. The molecule has 0 saturated heterocycles. The molecular formula is C14H20BrN5. The standard InChI is InChI=1S/C14H20BrN5/c1-9-5-10(15)7-20-8-11(18-12(9)20)6-17-13(16)19-14(2,3)4/h5,7-8H,6H2,1-4H3,(H3,16,17,19). The lowest BCUT2D eigenvalue weighted by molar-refractivity contribution is 0.508. The second kappa shape index (κ2) is 5.44. The Bertz CT molecular complexity index is 651. The van der Waals surface area contributed by atoms with Crippen LogP contribution in [0.5, 0.6) is 0 Å². The highest BCUT2D eigenvalue weighted by molar-refractivity contribution is 9.10. The van der Waals surface area contributed by atoms with E-state index in [0.717, 1.165) is 21.4 Å². The second-order valence-corrected chi connectivity index (χ2v) is 6.80. The van der Waals surface area contributed by atoms with E-state index in [2.05, 4.69) is 31.2 Å². The molecule has 0 aromatic carbocycles. The van der Waals surface area contributed by atoms with Gasteiger partial charge in [-0.05, 0) is 55.3 Å². The zero-order valence-electron chi connectivity index (χ0n) is 12.2. The molecule has 2 aromatic rings. The fourth-order valence-electron chi connectivity index (χ4n) is 1.94. The van der Waals surface area contributed by atoms with Gasteiger partial charge in [0.25, 0.3) is 0 Å². The van der Waals surface area contributed by atoms with Crippen LogP contribution in [0, 0.1) is 6.92 Å². The first kappa shape index (κ1) is 14.8. The van der Waals surface area contributed by atoms with E-state index in [1.165, 1.54) is 0 Å². The molecule has 2 heterocycles. The van der Waals surface area contributed by atoms with Gasteiger partial charge in [-0.25, -0.2) is 9.98 Å². The van der Waals surface area contributed by atoms with Crippen LogP contribution in [0.3, 0.4) is 0 Å². The Morgan fingerprint density at radius 3 is 2.80 bits per heavy atom. The minimum Gasteiger partial charge on any atom is -0.370 e. The number of pyridine rings is 1. The summed E-state index contributed by atoms with van der Waals surface area (Å²) in [5, 5.41) is 3.13. The van der Waals surface area contributed by atoms with Crippen molar-refractivity contribution in [2.75, 3.05) is 0 Å². The largest absolute Gasteiger partial charge is 0.370 e. The molecule has 0 radical (unpaired) electrons. The maximum Gasteiger partial charge on any atom is 0.189 e. The van der Waals surface area contributed by atoms with Gasteiger partial charge in [0.1, 0.15) is 5.65 Å². The fraction of sp³-hybridized carbons (Fsp3) is 0.429. The van der Waals surface area contributed by atoms with Crippen molar-refractivity contribution in [2.45, 2.75) is 39.8 Å². The molecule has 3 N–H and O–H groups in total. The van der Waals surface area contributed by atoms with Gasteiger partial charge in [-0.1, -0.05) is 0 Å². The van der Waals surface area contributed by atoms with Crippen LogP contribution >= 0.6 is 15.9 Å². The van der Waals surface area contributed by atoms with Crippen LogP contribution in [0.1, 0.15) is 32.0 Å². The van der Waals surface area contributed by atoms with E-state index in [0.29, 0.717) is 12.5 Å². The van der Waals surface area contributed by atoms with E-state index >= 15 is 0 Å². The summed E-state index contributed by atoms with van der Waals surface area (Å²) >= 11 is 3.48. The number of halogens is 1. The third kappa shape index (κ3) is 3.72. The van der Waals surface area contributed by atoms with Crippen LogP contribution in [-0.2, 0) is 6.54 Å². The third-order valence-corrected chi connectivity index (χ3v) is 3.10. The molecule has 0 bridgehead atoms. The lowest BCUT2D eigenvalue weighted by Crippen LogP contribution is -2.44. The van der Waals surface area contributed by atoms with Crippen molar-refractivity contribution in [3.63, 3.8) is 0 Å². The minimum absolute atomic E-state index is 0.0893. The van der Waals surface area contributed by atoms with Gasteiger partial charge >= 0.3 is 0 Å². The highest BCUT2D eigenvalue weighted by Crippen LogP contribution is 2.17. The summed E-state index contributed by atoms with van der Waals surface area (Å²) in [4.78, 5) is 8.90. The first-order chi connectivity index (χ1) is 9.24. The average molecular weight is 338 g/mol. The molecular weight excluding hydrogens is 318 g/mol. The summed E-state index contributed by atoms with van der Waals surface area (Å²) in [6.45, 7) is 8.63. The van der Waals surface area contributed by atoms with Crippen LogP contribution in [0.2, 0.25) is 0 Å². The Morgan fingerprint density at radius 1 is 1.45 bits per heavy atom. The van der Waals surface area contributed by atoms with Gasteiger partial charge in [-0.2, -0.15) is 0 Å². The number of nitrogens with zero attached hydrogens (tertiary/aromatic N) is 3. The lowest BCUT2D eigenvalue weighted by Gasteiger charge is -2.20. The molecule has 20 heavy (non-hydrogen) atoms. The molecule has 0 aliphatic carbocycles. The highest BCUT2D eigenvalue weighted by Gasteiger charge is 2.10. The number of aryl methyl sites for hydroxylation is 1. The number of aromatic nitrogens is 2. The normalized spacial score (nSPS) is 12.9. The molecule has 2 aromatic heterocycles. The number of rotatable bonds is 2. The third-order valence-electron chi connectivity index (χ3n) is 2.67. The molecule has 0 unspecified atom stereocenters. The van der Waals surface area contributed by atoms with Gasteiger partial charge in [-0.3, -0.25) is 0 Å². The SMILES string of the molecule is Cc1cc(Br)cn2cc(CN=C(N)NC(C)(C)C)nc12. The Balaban J connectivity index is 2.19. The molecule has 0 atom stereocenters. The smallest absolute Gasteiger partial charge is 0.189 e. The molecule has 0 fully saturated rings. The summed E-state index contributed by atoms with van der Waals surface area (Å²) in [6, 6.07) is 2.05. The molecule has 5 nitrogen and oxygen atoms in total. The number of hydrogen-bond donors (Lipinski definition) is 2. The van der Waals surface area contributed by atoms with Crippen LogP contribution in [0.25, 0.3) is 5.65 Å². The Morgan fingerprint density at radius 2 is 2.15 bits per heavy atom. The van der Waals surface area contributed by atoms with Crippen molar-refractivity contribution in [3.05, 3.63) is 34.2 Å². The second-order valence-electron chi connectivity index (χ2n) is 5.88. The van der Waals surface area contributed by atoms with Gasteiger partial charge in [-0.15, -0.1) is 0 Å². The lowest BCUT2D eigenvalue weighted by atomic mass is 10.1. The molecule has 2 rings (SSSR count). The highest BCUT2D eigenvalue weighted by atomic mass is 79.9. The number of nitrogens with two attached hydrogens (primary N) is 1. The number of fused-ring (bicyclic) bond motifs is 1. The quantitative estimate of drug-likeness (QED) is 0.653. The van der Waals surface area contributed by atoms with Crippen molar-refractivity contribution in [3.8, 4) is 0 Å². The maximum absolute atomic E-state index is 5.85. The van der Waals surface area contributed by atoms with Crippen molar-refractivity contribution in [1.29, 1.82) is 0 Å². The summed E-state index contributed by atoms with van der Waals surface area (Å²) < 4.78 is 3.03. The number of hydrogen-bond acceptors (Lipinski definition) is 2. The minimum atomic E-state index is -0.0893. The molecule has 0 spiro atoms. The van der Waals surface area contributed by atoms with Crippen LogP contribution in [-0.4, -0.2) is 20.9 Å². The molecule has 6 heteroatoms. The fourth-order valence-corrected chi connectivity index (χ4v) is 2.51. The van der Waals surface area contributed by atoms with E-state index in [-0.39, 0.29) is 5.54 Å².